The number of carbonyl (C=O) groups excluding carboxylic acids is 1. The Balaban J connectivity index is 2.79. The summed E-state index contributed by atoms with van der Waals surface area (Å²) in [6, 6.07) is 6.90. The van der Waals surface area contributed by atoms with Crippen molar-refractivity contribution < 1.29 is 9.00 Å². The molecular weight excluding hydrogens is 232 g/mol. The third-order valence-corrected chi connectivity index (χ3v) is 3.83. The summed E-state index contributed by atoms with van der Waals surface area (Å²) in [4.78, 5) is 11.9. The van der Waals surface area contributed by atoms with Crippen LogP contribution in [0.1, 0.15) is 13.8 Å². The Hall–Kier alpha value is -0.670. The molecule has 0 aliphatic rings. The standard InChI is InChI=1S/C11H13ClO2S/c1-8(2)10(13)7-15(14)11-6-4-3-5-9(11)12/h3-6,8H,7H2,1-2H3. The second kappa shape index (κ2) is 5.42. The average molecular weight is 245 g/mol. The summed E-state index contributed by atoms with van der Waals surface area (Å²) in [5, 5.41) is 0.451. The van der Waals surface area contributed by atoms with Gasteiger partial charge in [-0.1, -0.05) is 37.6 Å². The average Bonchev–Trinajstić information content (AvgIpc) is 2.18. The third-order valence-electron chi connectivity index (χ3n) is 2.00. The quantitative estimate of drug-likeness (QED) is 0.816. The van der Waals surface area contributed by atoms with Crippen LogP contribution in [0.3, 0.4) is 0 Å². The minimum absolute atomic E-state index is 0.00625. The zero-order chi connectivity index (χ0) is 11.4. The van der Waals surface area contributed by atoms with Crippen LogP contribution in [0.25, 0.3) is 0 Å². The zero-order valence-corrected chi connectivity index (χ0v) is 10.3. The lowest BCUT2D eigenvalue weighted by molar-refractivity contribution is -0.119. The molecule has 0 N–H and O–H groups in total. The summed E-state index contributed by atoms with van der Waals surface area (Å²) in [5.41, 5.74) is 0. The van der Waals surface area contributed by atoms with Gasteiger partial charge < -0.3 is 0 Å². The number of rotatable bonds is 4. The van der Waals surface area contributed by atoms with Crippen molar-refractivity contribution in [1.82, 2.24) is 0 Å². The summed E-state index contributed by atoms with van der Waals surface area (Å²) in [5.74, 6) is -0.0498. The summed E-state index contributed by atoms with van der Waals surface area (Å²) >= 11 is 5.88. The SMILES string of the molecule is CC(C)C(=O)CS(=O)c1ccccc1Cl. The van der Waals surface area contributed by atoms with Gasteiger partial charge in [-0.05, 0) is 12.1 Å². The van der Waals surface area contributed by atoms with Crippen LogP contribution in [0.5, 0.6) is 0 Å². The summed E-state index contributed by atoms with van der Waals surface area (Å²) in [6.45, 7) is 3.60. The first-order chi connectivity index (χ1) is 7.02. The minimum atomic E-state index is -1.33. The molecule has 0 fully saturated rings. The maximum Gasteiger partial charge on any atom is 0.148 e. The first-order valence-corrected chi connectivity index (χ1v) is 6.37. The Morgan fingerprint density at radius 3 is 2.53 bits per heavy atom. The van der Waals surface area contributed by atoms with E-state index < -0.39 is 10.8 Å². The van der Waals surface area contributed by atoms with Crippen LogP contribution in [0, 0.1) is 5.92 Å². The van der Waals surface area contributed by atoms with E-state index >= 15 is 0 Å². The van der Waals surface area contributed by atoms with Crippen LogP contribution in [0.15, 0.2) is 29.2 Å². The Labute approximate surface area is 97.1 Å². The molecule has 0 bridgehead atoms. The lowest BCUT2D eigenvalue weighted by atomic mass is 10.1. The molecule has 0 heterocycles. The van der Waals surface area contributed by atoms with E-state index in [2.05, 4.69) is 0 Å². The second-order valence-corrected chi connectivity index (χ2v) is 5.37. The molecule has 0 saturated heterocycles. The highest BCUT2D eigenvalue weighted by molar-refractivity contribution is 7.85. The lowest BCUT2D eigenvalue weighted by Gasteiger charge is -2.05. The molecule has 0 spiro atoms. The van der Waals surface area contributed by atoms with Gasteiger partial charge in [-0.25, -0.2) is 0 Å². The fourth-order valence-electron chi connectivity index (χ4n) is 1.00. The molecule has 82 valence electrons. The van der Waals surface area contributed by atoms with Gasteiger partial charge in [-0.2, -0.15) is 0 Å². The van der Waals surface area contributed by atoms with E-state index in [1.54, 1.807) is 38.1 Å². The summed E-state index contributed by atoms with van der Waals surface area (Å²) in [6.07, 6.45) is 0. The second-order valence-electron chi connectivity index (χ2n) is 3.54. The van der Waals surface area contributed by atoms with Gasteiger partial charge in [0.1, 0.15) is 5.78 Å². The van der Waals surface area contributed by atoms with E-state index in [0.29, 0.717) is 9.92 Å². The number of hydrogen-bond acceptors (Lipinski definition) is 2. The van der Waals surface area contributed by atoms with Gasteiger partial charge in [-0.15, -0.1) is 0 Å². The Bertz CT molecular complexity index is 388. The smallest absolute Gasteiger partial charge is 0.148 e. The van der Waals surface area contributed by atoms with Crippen molar-refractivity contribution in [3.8, 4) is 0 Å². The Kier molecular flexibility index (Phi) is 4.48. The predicted molar refractivity (Wildman–Crippen MR) is 62.6 cm³/mol. The van der Waals surface area contributed by atoms with Gasteiger partial charge >= 0.3 is 0 Å². The molecule has 1 atom stereocenters. The lowest BCUT2D eigenvalue weighted by Crippen LogP contribution is -2.16. The maximum absolute atomic E-state index is 11.8. The van der Waals surface area contributed by atoms with Crippen LogP contribution in [-0.2, 0) is 15.6 Å². The van der Waals surface area contributed by atoms with Crippen LogP contribution >= 0.6 is 11.6 Å². The molecule has 0 saturated carbocycles. The van der Waals surface area contributed by atoms with E-state index in [1.807, 2.05) is 0 Å². The molecule has 1 unspecified atom stereocenters. The molecule has 4 heteroatoms. The van der Waals surface area contributed by atoms with Crippen molar-refractivity contribution in [2.45, 2.75) is 18.7 Å². The highest BCUT2D eigenvalue weighted by atomic mass is 35.5. The topological polar surface area (TPSA) is 34.1 Å². The first kappa shape index (κ1) is 12.4. The largest absolute Gasteiger partial charge is 0.298 e. The van der Waals surface area contributed by atoms with Gasteiger partial charge in [0.15, 0.2) is 0 Å². The zero-order valence-electron chi connectivity index (χ0n) is 8.70. The van der Waals surface area contributed by atoms with Crippen molar-refractivity contribution in [2.24, 2.45) is 5.92 Å². The molecule has 0 amide bonds. The fourth-order valence-corrected chi connectivity index (χ4v) is 2.66. The van der Waals surface area contributed by atoms with Crippen molar-refractivity contribution in [1.29, 1.82) is 0 Å². The number of carbonyl (C=O) groups is 1. The van der Waals surface area contributed by atoms with Crippen LogP contribution in [0.2, 0.25) is 5.02 Å². The molecule has 0 radical (unpaired) electrons. The predicted octanol–water partition coefficient (Wildman–Crippen LogP) is 2.67. The van der Waals surface area contributed by atoms with Gasteiger partial charge in [0.25, 0.3) is 0 Å². The van der Waals surface area contributed by atoms with Crippen LogP contribution in [-0.4, -0.2) is 15.7 Å². The van der Waals surface area contributed by atoms with Crippen LogP contribution in [0.4, 0.5) is 0 Å². The molecule has 0 aromatic heterocycles. The molecule has 1 aromatic rings. The van der Waals surface area contributed by atoms with Crippen molar-refractivity contribution in [3.05, 3.63) is 29.3 Å². The van der Waals surface area contributed by atoms with Gasteiger partial charge in [0.05, 0.1) is 26.5 Å². The number of benzene rings is 1. The highest BCUT2D eigenvalue weighted by Crippen LogP contribution is 2.19. The number of Topliss-reactive ketones (excluding diaryl/α,β-unsaturated/α-hetero) is 1. The molecule has 0 aliphatic heterocycles. The van der Waals surface area contributed by atoms with Crippen LogP contribution < -0.4 is 0 Å². The monoisotopic (exact) mass is 244 g/mol. The third kappa shape index (κ3) is 3.43. The number of ketones is 1. The minimum Gasteiger partial charge on any atom is -0.298 e. The van der Waals surface area contributed by atoms with Crippen molar-refractivity contribution >= 4 is 28.2 Å². The first-order valence-electron chi connectivity index (χ1n) is 4.68. The van der Waals surface area contributed by atoms with Crippen molar-refractivity contribution in [2.75, 3.05) is 5.75 Å². The molecular formula is C11H13ClO2S. The van der Waals surface area contributed by atoms with Gasteiger partial charge in [0.2, 0.25) is 0 Å². The van der Waals surface area contributed by atoms with E-state index in [-0.39, 0.29) is 17.5 Å². The summed E-state index contributed by atoms with van der Waals surface area (Å²) in [7, 11) is -1.33. The van der Waals surface area contributed by atoms with Gasteiger partial charge in [0, 0.05) is 5.92 Å². The normalized spacial score (nSPS) is 12.8. The molecule has 15 heavy (non-hydrogen) atoms. The number of halogens is 1. The molecule has 1 aromatic carbocycles. The highest BCUT2D eigenvalue weighted by Gasteiger charge is 2.14. The molecule has 2 nitrogen and oxygen atoms in total. The van der Waals surface area contributed by atoms with E-state index in [9.17, 15) is 9.00 Å². The molecule has 1 rings (SSSR count). The van der Waals surface area contributed by atoms with E-state index in [1.165, 1.54) is 0 Å². The fraction of sp³-hybridized carbons (Fsp3) is 0.364. The van der Waals surface area contributed by atoms with Crippen molar-refractivity contribution in [3.63, 3.8) is 0 Å². The summed E-state index contributed by atoms with van der Waals surface area (Å²) < 4.78 is 11.8. The van der Waals surface area contributed by atoms with E-state index in [4.69, 9.17) is 11.6 Å². The van der Waals surface area contributed by atoms with E-state index in [0.717, 1.165) is 0 Å². The number of hydrogen-bond donors (Lipinski definition) is 0. The maximum atomic E-state index is 11.8. The van der Waals surface area contributed by atoms with Gasteiger partial charge in [-0.3, -0.25) is 9.00 Å². The molecule has 0 aliphatic carbocycles. The Morgan fingerprint density at radius 2 is 2.00 bits per heavy atom. The Morgan fingerprint density at radius 1 is 1.40 bits per heavy atom.